The standard InChI is InChI=1S/C28H51F3N8/c1-16(2)19-8-6-7-9-20(19)23-35-24(33-3)22-26(36-23)39(27(32)38(22)5)14-17-10-12-18(13-11-17)25-34-21(15-37(25)4)28(29,30)31/h16-26,32-36H,6-15H2,1-5H3. The molecule has 8 nitrogen and oxygen atoms in total. The van der Waals surface area contributed by atoms with Crippen LogP contribution in [0, 0.1) is 35.0 Å². The van der Waals surface area contributed by atoms with Gasteiger partial charge in [-0.2, -0.15) is 13.2 Å². The second-order valence-corrected chi connectivity index (χ2v) is 13.4. The third-order valence-corrected chi connectivity index (χ3v) is 10.7. The largest absolute Gasteiger partial charge is 0.405 e. The molecule has 0 amide bonds. The van der Waals surface area contributed by atoms with E-state index in [1.165, 1.54) is 25.7 Å². The summed E-state index contributed by atoms with van der Waals surface area (Å²) < 4.78 is 39.9. The fraction of sp³-hybridized carbons (Fsp3) is 0.964. The molecule has 5 N–H and O–H groups in total. The molecule has 0 aromatic carbocycles. The van der Waals surface area contributed by atoms with E-state index in [9.17, 15) is 13.2 Å². The Morgan fingerprint density at radius 1 is 0.974 bits per heavy atom. The van der Waals surface area contributed by atoms with Crippen LogP contribution >= 0.6 is 0 Å². The van der Waals surface area contributed by atoms with Gasteiger partial charge in [-0.05, 0) is 82.2 Å². The summed E-state index contributed by atoms with van der Waals surface area (Å²) in [5.41, 5.74) is 0. The monoisotopic (exact) mass is 556 g/mol. The van der Waals surface area contributed by atoms with Gasteiger partial charge in [-0.25, -0.2) is 0 Å². The number of likely N-dealkylation sites (N-methyl/N-ethyl adjacent to an activating group) is 3. The molecule has 224 valence electrons. The first-order chi connectivity index (χ1) is 18.5. The van der Waals surface area contributed by atoms with Crippen LogP contribution in [0.3, 0.4) is 0 Å². The van der Waals surface area contributed by atoms with Crippen LogP contribution in [-0.2, 0) is 0 Å². The highest BCUT2D eigenvalue weighted by atomic mass is 19.4. The third-order valence-electron chi connectivity index (χ3n) is 10.7. The van der Waals surface area contributed by atoms with Gasteiger partial charge in [0.1, 0.15) is 12.2 Å². The van der Waals surface area contributed by atoms with Crippen molar-refractivity contribution < 1.29 is 13.2 Å². The second kappa shape index (κ2) is 11.6. The van der Waals surface area contributed by atoms with Crippen LogP contribution in [0.15, 0.2) is 0 Å². The van der Waals surface area contributed by atoms with Crippen LogP contribution in [0.1, 0.15) is 65.2 Å². The van der Waals surface area contributed by atoms with Crippen molar-refractivity contribution in [3.8, 4) is 0 Å². The van der Waals surface area contributed by atoms with Crippen LogP contribution in [0.2, 0.25) is 0 Å². The lowest BCUT2D eigenvalue weighted by atomic mass is 9.71. The van der Waals surface area contributed by atoms with E-state index in [-0.39, 0.29) is 43.2 Å². The molecular formula is C28H51F3N8. The van der Waals surface area contributed by atoms with E-state index in [1.54, 1.807) is 0 Å². The average molecular weight is 557 g/mol. The molecule has 0 aromatic heterocycles. The number of alkyl halides is 3. The highest BCUT2D eigenvalue weighted by molar-refractivity contribution is 5.80. The van der Waals surface area contributed by atoms with Gasteiger partial charge in [0.25, 0.3) is 0 Å². The quantitative estimate of drug-likeness (QED) is 0.344. The Labute approximate surface area is 232 Å². The van der Waals surface area contributed by atoms with Gasteiger partial charge in [0, 0.05) is 20.1 Å². The molecular weight excluding hydrogens is 505 g/mol. The lowest BCUT2D eigenvalue weighted by Gasteiger charge is -2.49. The van der Waals surface area contributed by atoms with Crippen LogP contribution in [-0.4, -0.2) is 97.8 Å². The van der Waals surface area contributed by atoms with Crippen molar-refractivity contribution in [3.05, 3.63) is 0 Å². The fourth-order valence-corrected chi connectivity index (χ4v) is 8.57. The maximum Gasteiger partial charge on any atom is 0.405 e. The molecule has 5 aliphatic rings. The summed E-state index contributed by atoms with van der Waals surface area (Å²) in [6.45, 7) is 5.56. The fourth-order valence-electron chi connectivity index (χ4n) is 8.57. The van der Waals surface area contributed by atoms with Crippen molar-refractivity contribution in [1.29, 1.82) is 5.41 Å². The first kappa shape index (κ1) is 29.4. The lowest BCUT2D eigenvalue weighted by Crippen LogP contribution is -2.74. The first-order valence-electron chi connectivity index (χ1n) is 15.3. The van der Waals surface area contributed by atoms with Gasteiger partial charge in [0.05, 0.1) is 24.5 Å². The normalized spacial score (nSPS) is 42.4. The van der Waals surface area contributed by atoms with Crippen molar-refractivity contribution in [1.82, 2.24) is 36.0 Å². The number of nitrogens with one attached hydrogen (secondary N) is 5. The Morgan fingerprint density at radius 2 is 1.67 bits per heavy atom. The zero-order chi connectivity index (χ0) is 28.1. The van der Waals surface area contributed by atoms with Crippen molar-refractivity contribution in [2.24, 2.45) is 29.6 Å². The van der Waals surface area contributed by atoms with E-state index in [4.69, 9.17) is 5.41 Å². The maximum absolute atomic E-state index is 13.3. The van der Waals surface area contributed by atoms with Gasteiger partial charge in [-0.1, -0.05) is 26.7 Å². The molecule has 0 aromatic rings. The molecule has 5 fully saturated rings. The molecule has 39 heavy (non-hydrogen) atoms. The number of hydrogen-bond acceptors (Lipinski definition) is 6. The highest BCUT2D eigenvalue weighted by Crippen LogP contribution is 2.40. The molecule has 3 aliphatic heterocycles. The van der Waals surface area contributed by atoms with Gasteiger partial charge in [-0.15, -0.1) is 0 Å². The smallest absolute Gasteiger partial charge is 0.337 e. The summed E-state index contributed by atoms with van der Waals surface area (Å²) in [5.74, 6) is 3.17. The zero-order valence-electron chi connectivity index (χ0n) is 24.4. The molecule has 5 rings (SSSR count). The van der Waals surface area contributed by atoms with Crippen molar-refractivity contribution in [2.75, 3.05) is 34.2 Å². The topological polar surface area (TPSA) is 81.7 Å². The number of rotatable bonds is 6. The minimum absolute atomic E-state index is 0.0284. The average Bonchev–Trinajstić information content (AvgIpc) is 3.42. The second-order valence-electron chi connectivity index (χ2n) is 13.4. The summed E-state index contributed by atoms with van der Waals surface area (Å²) in [7, 11) is 5.85. The SMILES string of the molecule is CNC1NC(C2CCCCC2C(C)C)NC2C1N(C)C(=N)N2CC1CCC(C2NC(C(F)(F)F)CN2C)CC1. The molecule has 3 saturated heterocycles. The Balaban J connectivity index is 1.23. The molecule has 0 spiro atoms. The number of fused-ring (bicyclic) bond motifs is 1. The van der Waals surface area contributed by atoms with Crippen LogP contribution in [0.25, 0.3) is 0 Å². The van der Waals surface area contributed by atoms with Gasteiger partial charge >= 0.3 is 6.18 Å². The summed E-state index contributed by atoms with van der Waals surface area (Å²) in [4.78, 5) is 6.23. The Morgan fingerprint density at radius 3 is 2.28 bits per heavy atom. The van der Waals surface area contributed by atoms with Gasteiger partial charge in [0.2, 0.25) is 0 Å². The minimum atomic E-state index is -4.20. The summed E-state index contributed by atoms with van der Waals surface area (Å²) in [6, 6.07) is -1.31. The predicted molar refractivity (Wildman–Crippen MR) is 148 cm³/mol. The molecule has 2 aliphatic carbocycles. The van der Waals surface area contributed by atoms with E-state index >= 15 is 0 Å². The van der Waals surface area contributed by atoms with E-state index in [2.05, 4.69) is 44.9 Å². The Hall–Kier alpha value is -1.14. The van der Waals surface area contributed by atoms with Crippen molar-refractivity contribution in [2.45, 2.75) is 108 Å². The van der Waals surface area contributed by atoms with Crippen molar-refractivity contribution in [3.63, 3.8) is 0 Å². The summed E-state index contributed by atoms with van der Waals surface area (Å²) >= 11 is 0. The third kappa shape index (κ3) is 5.80. The maximum atomic E-state index is 13.3. The van der Waals surface area contributed by atoms with E-state index < -0.39 is 12.2 Å². The molecule has 8 unspecified atom stereocenters. The van der Waals surface area contributed by atoms with Crippen LogP contribution in [0.4, 0.5) is 13.2 Å². The van der Waals surface area contributed by atoms with E-state index in [0.717, 1.165) is 32.2 Å². The highest BCUT2D eigenvalue weighted by Gasteiger charge is 2.52. The number of hydrogen-bond donors (Lipinski definition) is 5. The molecule has 3 heterocycles. The molecule has 2 saturated carbocycles. The van der Waals surface area contributed by atoms with Crippen LogP contribution < -0.4 is 21.3 Å². The first-order valence-corrected chi connectivity index (χ1v) is 15.3. The van der Waals surface area contributed by atoms with Gasteiger partial charge in [-0.3, -0.25) is 26.3 Å². The molecule has 11 heteroatoms. The minimum Gasteiger partial charge on any atom is -0.337 e. The molecule has 0 radical (unpaired) electrons. The van der Waals surface area contributed by atoms with Gasteiger partial charge in [0.15, 0.2) is 5.96 Å². The number of guanidine groups is 1. The zero-order valence-corrected chi connectivity index (χ0v) is 24.4. The molecule has 8 atom stereocenters. The summed E-state index contributed by atoms with van der Waals surface area (Å²) in [6.07, 6.45) is 4.93. The lowest BCUT2D eigenvalue weighted by molar-refractivity contribution is -0.150. The Kier molecular flexibility index (Phi) is 8.75. The Bertz CT molecular complexity index is 847. The van der Waals surface area contributed by atoms with Crippen molar-refractivity contribution >= 4 is 5.96 Å². The number of nitrogens with zero attached hydrogens (tertiary/aromatic N) is 3. The van der Waals surface area contributed by atoms with Crippen LogP contribution in [0.5, 0.6) is 0 Å². The van der Waals surface area contributed by atoms with E-state index in [0.29, 0.717) is 29.6 Å². The van der Waals surface area contributed by atoms with Gasteiger partial charge < -0.3 is 15.1 Å². The number of halogens is 3. The molecule has 0 bridgehead atoms. The summed E-state index contributed by atoms with van der Waals surface area (Å²) in [5, 5.41) is 23.3. The predicted octanol–water partition coefficient (Wildman–Crippen LogP) is 2.99. The van der Waals surface area contributed by atoms with E-state index in [1.807, 2.05) is 26.0 Å².